The summed E-state index contributed by atoms with van der Waals surface area (Å²) >= 11 is 0. The second-order valence-corrected chi connectivity index (χ2v) is 4.31. The van der Waals surface area contributed by atoms with Gasteiger partial charge in [-0.1, -0.05) is 0 Å². The number of aromatic nitrogens is 1. The second-order valence-electron chi connectivity index (χ2n) is 4.31. The molecule has 0 aliphatic rings. The Kier molecular flexibility index (Phi) is 4.10. The lowest BCUT2D eigenvalue weighted by Gasteiger charge is -2.21. The number of anilines is 1. The lowest BCUT2D eigenvalue weighted by atomic mass is 10.1. The van der Waals surface area contributed by atoms with Crippen LogP contribution in [0.15, 0.2) is 48.8 Å². The van der Waals surface area contributed by atoms with Gasteiger partial charge in [-0.2, -0.15) is 0 Å². The predicted octanol–water partition coefficient (Wildman–Crippen LogP) is 2.33. The molecule has 0 unspecified atom stereocenters. The molecule has 0 atom stereocenters. The second kappa shape index (κ2) is 5.97. The van der Waals surface area contributed by atoms with Gasteiger partial charge in [-0.25, -0.2) is 4.79 Å². The molecule has 5 nitrogen and oxygen atoms in total. The van der Waals surface area contributed by atoms with Gasteiger partial charge >= 0.3 is 5.97 Å². The molecule has 0 radical (unpaired) electrons. The van der Waals surface area contributed by atoms with E-state index >= 15 is 0 Å². The number of benzene rings is 1. The minimum absolute atomic E-state index is 0.107. The first-order valence-electron chi connectivity index (χ1n) is 6.08. The maximum atomic E-state index is 11.8. The molecule has 20 heavy (non-hydrogen) atoms. The fourth-order valence-corrected chi connectivity index (χ4v) is 1.84. The van der Waals surface area contributed by atoms with Gasteiger partial charge in [0, 0.05) is 25.0 Å². The summed E-state index contributed by atoms with van der Waals surface area (Å²) in [6.45, 7) is 1.90. The zero-order valence-corrected chi connectivity index (χ0v) is 11.0. The number of hydrogen-bond donors (Lipinski definition) is 1. The van der Waals surface area contributed by atoms with Crippen LogP contribution < -0.4 is 4.90 Å². The summed E-state index contributed by atoms with van der Waals surface area (Å²) in [5, 5.41) is 8.87. The van der Waals surface area contributed by atoms with Crippen LogP contribution in [0.4, 0.5) is 5.69 Å². The van der Waals surface area contributed by atoms with Gasteiger partial charge in [-0.05, 0) is 42.0 Å². The number of aromatic carboxylic acids is 1. The number of hydrogen-bond acceptors (Lipinski definition) is 3. The summed E-state index contributed by atoms with van der Waals surface area (Å²) < 4.78 is 0. The molecule has 0 aliphatic carbocycles. The smallest absolute Gasteiger partial charge is 0.335 e. The number of nitrogens with zero attached hydrogens (tertiary/aromatic N) is 2. The van der Waals surface area contributed by atoms with Crippen LogP contribution in [0.3, 0.4) is 0 Å². The van der Waals surface area contributed by atoms with E-state index < -0.39 is 5.97 Å². The monoisotopic (exact) mass is 270 g/mol. The standard InChI is InChI=1S/C15H14N2O3/c1-11(18)17(10-12-6-8-16-9-7-12)14-4-2-13(3-5-14)15(19)20/h2-9H,10H2,1H3,(H,19,20). The van der Waals surface area contributed by atoms with E-state index in [9.17, 15) is 9.59 Å². The Morgan fingerprint density at radius 3 is 2.20 bits per heavy atom. The van der Waals surface area contributed by atoms with Crippen LogP contribution in [0.5, 0.6) is 0 Å². The minimum Gasteiger partial charge on any atom is -0.478 e. The average molecular weight is 270 g/mol. The summed E-state index contributed by atoms with van der Waals surface area (Å²) in [6.07, 6.45) is 3.34. The summed E-state index contributed by atoms with van der Waals surface area (Å²) in [5.41, 5.74) is 1.82. The van der Waals surface area contributed by atoms with Crippen molar-refractivity contribution in [2.75, 3.05) is 4.90 Å². The van der Waals surface area contributed by atoms with E-state index in [0.717, 1.165) is 5.56 Å². The Morgan fingerprint density at radius 2 is 1.70 bits per heavy atom. The van der Waals surface area contributed by atoms with Gasteiger partial charge in [0.15, 0.2) is 0 Å². The topological polar surface area (TPSA) is 70.5 Å². The number of rotatable bonds is 4. The quantitative estimate of drug-likeness (QED) is 0.925. The first-order valence-corrected chi connectivity index (χ1v) is 6.08. The van der Waals surface area contributed by atoms with Crippen LogP contribution in [0, 0.1) is 0 Å². The lowest BCUT2D eigenvalue weighted by Crippen LogP contribution is -2.27. The number of carbonyl (C=O) groups is 2. The van der Waals surface area contributed by atoms with Gasteiger partial charge < -0.3 is 10.0 Å². The molecule has 1 aromatic heterocycles. The van der Waals surface area contributed by atoms with Crippen LogP contribution >= 0.6 is 0 Å². The van der Waals surface area contributed by atoms with Crippen molar-refractivity contribution >= 4 is 17.6 Å². The first-order chi connectivity index (χ1) is 9.58. The van der Waals surface area contributed by atoms with Gasteiger partial charge in [0.1, 0.15) is 0 Å². The molecule has 0 bridgehead atoms. The summed E-state index contributed by atoms with van der Waals surface area (Å²) in [4.78, 5) is 28.1. The molecular formula is C15H14N2O3. The third-order valence-corrected chi connectivity index (χ3v) is 2.90. The van der Waals surface area contributed by atoms with Crippen LogP contribution in [0.2, 0.25) is 0 Å². The predicted molar refractivity (Wildman–Crippen MR) is 74.5 cm³/mol. The number of carboxylic acid groups (broad SMARTS) is 1. The molecule has 1 amide bonds. The maximum Gasteiger partial charge on any atom is 0.335 e. The molecule has 0 saturated carbocycles. The molecule has 0 fully saturated rings. The van der Waals surface area contributed by atoms with E-state index in [0.29, 0.717) is 12.2 Å². The van der Waals surface area contributed by atoms with E-state index in [-0.39, 0.29) is 11.5 Å². The summed E-state index contributed by atoms with van der Waals surface area (Å²) in [7, 11) is 0. The molecule has 0 aliphatic heterocycles. The largest absolute Gasteiger partial charge is 0.478 e. The van der Waals surface area contributed by atoms with Crippen molar-refractivity contribution in [1.82, 2.24) is 4.98 Å². The summed E-state index contributed by atoms with van der Waals surface area (Å²) in [5.74, 6) is -1.09. The SMILES string of the molecule is CC(=O)N(Cc1ccncc1)c1ccc(C(=O)O)cc1. The fourth-order valence-electron chi connectivity index (χ4n) is 1.84. The highest BCUT2D eigenvalue weighted by atomic mass is 16.4. The highest BCUT2D eigenvalue weighted by Crippen LogP contribution is 2.18. The molecule has 2 rings (SSSR count). The van der Waals surface area contributed by atoms with E-state index in [2.05, 4.69) is 4.98 Å². The van der Waals surface area contributed by atoms with Crippen molar-refractivity contribution in [2.24, 2.45) is 0 Å². The van der Waals surface area contributed by atoms with Gasteiger partial charge in [0.05, 0.1) is 12.1 Å². The molecule has 1 aromatic carbocycles. The number of amides is 1. The maximum absolute atomic E-state index is 11.8. The minimum atomic E-state index is -0.986. The lowest BCUT2D eigenvalue weighted by molar-refractivity contribution is -0.116. The molecule has 0 spiro atoms. The highest BCUT2D eigenvalue weighted by molar-refractivity contribution is 5.93. The van der Waals surface area contributed by atoms with Crippen molar-refractivity contribution in [3.05, 3.63) is 59.9 Å². The van der Waals surface area contributed by atoms with Gasteiger partial charge in [0.25, 0.3) is 0 Å². The summed E-state index contributed by atoms with van der Waals surface area (Å²) in [6, 6.07) is 9.90. The Morgan fingerprint density at radius 1 is 1.10 bits per heavy atom. The molecule has 0 saturated heterocycles. The van der Waals surface area contributed by atoms with Crippen LogP contribution in [0.1, 0.15) is 22.8 Å². The number of carboxylic acids is 1. The Labute approximate surface area is 116 Å². The zero-order valence-electron chi connectivity index (χ0n) is 11.0. The van der Waals surface area contributed by atoms with Gasteiger partial charge in [-0.15, -0.1) is 0 Å². The fraction of sp³-hybridized carbons (Fsp3) is 0.133. The number of carbonyl (C=O) groups excluding carboxylic acids is 1. The Bertz CT molecular complexity index is 609. The highest BCUT2D eigenvalue weighted by Gasteiger charge is 2.12. The van der Waals surface area contributed by atoms with Crippen LogP contribution in [0.25, 0.3) is 0 Å². The molecule has 2 aromatic rings. The van der Waals surface area contributed by atoms with Gasteiger partial charge in [0.2, 0.25) is 5.91 Å². The van der Waals surface area contributed by atoms with Crippen LogP contribution in [-0.2, 0) is 11.3 Å². The van der Waals surface area contributed by atoms with E-state index in [4.69, 9.17) is 5.11 Å². The average Bonchev–Trinajstić information content (AvgIpc) is 2.45. The molecular weight excluding hydrogens is 256 g/mol. The van der Waals surface area contributed by atoms with Gasteiger partial charge in [-0.3, -0.25) is 9.78 Å². The normalized spacial score (nSPS) is 10.1. The zero-order chi connectivity index (χ0) is 14.5. The number of pyridine rings is 1. The van der Waals surface area contributed by atoms with E-state index in [1.807, 2.05) is 12.1 Å². The van der Waals surface area contributed by atoms with Crippen molar-refractivity contribution in [3.63, 3.8) is 0 Å². The van der Waals surface area contributed by atoms with Crippen LogP contribution in [-0.4, -0.2) is 22.0 Å². The third kappa shape index (κ3) is 3.20. The Balaban J connectivity index is 2.25. The van der Waals surface area contributed by atoms with Crippen molar-refractivity contribution in [1.29, 1.82) is 0 Å². The molecule has 1 heterocycles. The Hall–Kier alpha value is -2.69. The van der Waals surface area contributed by atoms with Crippen molar-refractivity contribution in [2.45, 2.75) is 13.5 Å². The van der Waals surface area contributed by atoms with Crippen molar-refractivity contribution < 1.29 is 14.7 Å². The first kappa shape index (κ1) is 13.7. The molecule has 102 valence electrons. The van der Waals surface area contributed by atoms with E-state index in [1.54, 1.807) is 29.4 Å². The molecule has 1 N–H and O–H groups in total. The third-order valence-electron chi connectivity index (χ3n) is 2.90. The molecule has 5 heteroatoms. The van der Waals surface area contributed by atoms with Crippen molar-refractivity contribution in [3.8, 4) is 0 Å². The van der Waals surface area contributed by atoms with E-state index in [1.165, 1.54) is 19.1 Å².